The van der Waals surface area contributed by atoms with E-state index < -0.39 is 0 Å². The van der Waals surface area contributed by atoms with Gasteiger partial charge in [0.25, 0.3) is 0 Å². The topological polar surface area (TPSA) is 44.1 Å². The number of carbonyl (C=O) groups excluding carboxylic acids is 1. The number of nitriles is 1. The van der Waals surface area contributed by atoms with Crippen LogP contribution >= 0.6 is 11.8 Å². The largest absolute Gasteiger partial charge is 0.341 e. The Kier molecular flexibility index (Phi) is 4.17. The zero-order valence-corrected chi connectivity index (χ0v) is 13.1. The molecule has 0 fully saturated rings. The van der Waals surface area contributed by atoms with E-state index in [1.807, 2.05) is 43.4 Å². The lowest BCUT2D eigenvalue weighted by atomic mass is 10.00. The molecule has 110 valence electrons. The van der Waals surface area contributed by atoms with Crippen molar-refractivity contribution in [1.82, 2.24) is 4.90 Å². The smallest absolute Gasteiger partial charge is 0.231 e. The Bertz CT molecular complexity index is 751. The Hall–Kier alpha value is -2.25. The van der Waals surface area contributed by atoms with Crippen molar-refractivity contribution in [3.05, 3.63) is 65.2 Å². The van der Waals surface area contributed by atoms with Gasteiger partial charge in [0, 0.05) is 24.2 Å². The van der Waals surface area contributed by atoms with Crippen LogP contribution in [0.1, 0.15) is 22.6 Å². The molecule has 1 unspecified atom stereocenters. The predicted molar refractivity (Wildman–Crippen MR) is 87.5 cm³/mol. The first-order valence-corrected chi connectivity index (χ1v) is 8.13. The lowest BCUT2D eigenvalue weighted by Gasteiger charge is -2.21. The normalized spacial score (nSPS) is 15.9. The molecule has 3 rings (SSSR count). The molecular weight excluding hydrogens is 292 g/mol. The molecule has 2 aromatic carbocycles. The highest BCUT2D eigenvalue weighted by atomic mass is 32.2. The molecule has 0 radical (unpaired) electrons. The second kappa shape index (κ2) is 6.25. The minimum Gasteiger partial charge on any atom is -0.341 e. The average Bonchev–Trinajstić information content (AvgIpc) is 2.98. The number of fused-ring (bicyclic) bond motifs is 1. The van der Waals surface area contributed by atoms with Crippen LogP contribution in [0.25, 0.3) is 0 Å². The first-order chi connectivity index (χ1) is 10.7. The number of likely N-dealkylation sites (N-methyl/N-ethyl adjacent to an activating group) is 1. The van der Waals surface area contributed by atoms with Crippen molar-refractivity contribution in [1.29, 1.82) is 5.26 Å². The summed E-state index contributed by atoms with van der Waals surface area (Å²) in [4.78, 5) is 15.7. The van der Waals surface area contributed by atoms with Gasteiger partial charge in [0.2, 0.25) is 5.91 Å². The summed E-state index contributed by atoms with van der Waals surface area (Å²) in [5.41, 5.74) is 2.74. The zero-order chi connectivity index (χ0) is 15.5. The maximum atomic E-state index is 12.7. The molecule has 0 saturated heterocycles. The molecule has 3 nitrogen and oxygen atoms in total. The van der Waals surface area contributed by atoms with Gasteiger partial charge in [-0.05, 0) is 29.3 Å². The maximum Gasteiger partial charge on any atom is 0.231 e. The Balaban J connectivity index is 1.74. The van der Waals surface area contributed by atoms with Crippen LogP contribution in [0, 0.1) is 11.3 Å². The third kappa shape index (κ3) is 2.86. The zero-order valence-electron chi connectivity index (χ0n) is 12.3. The number of rotatable bonds is 3. The minimum absolute atomic E-state index is 0.0645. The molecule has 4 heteroatoms. The summed E-state index contributed by atoms with van der Waals surface area (Å²) >= 11 is 1.74. The third-order valence-electron chi connectivity index (χ3n) is 3.85. The van der Waals surface area contributed by atoms with E-state index in [0.29, 0.717) is 12.1 Å². The van der Waals surface area contributed by atoms with Crippen LogP contribution in [0.4, 0.5) is 0 Å². The van der Waals surface area contributed by atoms with Crippen LogP contribution in [0.5, 0.6) is 0 Å². The summed E-state index contributed by atoms with van der Waals surface area (Å²) < 4.78 is 0. The molecule has 0 aliphatic carbocycles. The second-order valence-electron chi connectivity index (χ2n) is 5.41. The first-order valence-electron chi connectivity index (χ1n) is 7.15. The van der Waals surface area contributed by atoms with Crippen LogP contribution in [-0.4, -0.2) is 23.6 Å². The number of nitrogens with zero attached hydrogens (tertiary/aromatic N) is 2. The SMILES string of the molecule is CN(Cc1cccc(C#N)c1)C(=O)C1CSc2ccccc21. The molecule has 1 heterocycles. The van der Waals surface area contributed by atoms with E-state index in [1.165, 1.54) is 4.90 Å². The molecule has 22 heavy (non-hydrogen) atoms. The molecule has 0 spiro atoms. The van der Waals surface area contributed by atoms with E-state index in [1.54, 1.807) is 22.7 Å². The van der Waals surface area contributed by atoms with Gasteiger partial charge in [-0.25, -0.2) is 0 Å². The van der Waals surface area contributed by atoms with Gasteiger partial charge in [-0.2, -0.15) is 5.26 Å². The molecule has 0 saturated carbocycles. The van der Waals surface area contributed by atoms with Crippen molar-refractivity contribution in [3.8, 4) is 6.07 Å². The Labute approximate surface area is 134 Å². The van der Waals surface area contributed by atoms with E-state index in [9.17, 15) is 4.79 Å². The van der Waals surface area contributed by atoms with E-state index in [4.69, 9.17) is 5.26 Å². The summed E-state index contributed by atoms with van der Waals surface area (Å²) in [6.07, 6.45) is 0. The quantitative estimate of drug-likeness (QED) is 0.873. The third-order valence-corrected chi connectivity index (χ3v) is 5.03. The molecule has 1 amide bonds. The number of hydrogen-bond acceptors (Lipinski definition) is 3. The molecule has 2 aromatic rings. The highest BCUT2D eigenvalue weighted by Gasteiger charge is 2.30. The van der Waals surface area contributed by atoms with Crippen molar-refractivity contribution in [2.75, 3.05) is 12.8 Å². The molecule has 1 atom stereocenters. The second-order valence-corrected chi connectivity index (χ2v) is 6.47. The van der Waals surface area contributed by atoms with E-state index in [-0.39, 0.29) is 11.8 Å². The van der Waals surface area contributed by atoms with Crippen LogP contribution in [0.3, 0.4) is 0 Å². The van der Waals surface area contributed by atoms with Gasteiger partial charge in [0.15, 0.2) is 0 Å². The fourth-order valence-electron chi connectivity index (χ4n) is 2.72. The Morgan fingerprint density at radius 1 is 1.32 bits per heavy atom. The number of carbonyl (C=O) groups is 1. The predicted octanol–water partition coefficient (Wildman–Crippen LogP) is 3.41. The highest BCUT2D eigenvalue weighted by molar-refractivity contribution is 7.99. The van der Waals surface area contributed by atoms with Gasteiger partial charge in [0.05, 0.1) is 17.6 Å². The maximum absolute atomic E-state index is 12.7. The number of amides is 1. The van der Waals surface area contributed by atoms with Crippen molar-refractivity contribution in [2.45, 2.75) is 17.4 Å². The van der Waals surface area contributed by atoms with Crippen LogP contribution in [-0.2, 0) is 11.3 Å². The monoisotopic (exact) mass is 308 g/mol. The van der Waals surface area contributed by atoms with E-state index in [0.717, 1.165) is 16.9 Å². The van der Waals surface area contributed by atoms with Gasteiger partial charge >= 0.3 is 0 Å². The summed E-state index contributed by atoms with van der Waals surface area (Å²) in [5, 5.41) is 8.95. The van der Waals surface area contributed by atoms with E-state index in [2.05, 4.69) is 12.1 Å². The minimum atomic E-state index is -0.0645. The van der Waals surface area contributed by atoms with Gasteiger partial charge in [0.1, 0.15) is 0 Å². The summed E-state index contributed by atoms with van der Waals surface area (Å²) in [5.74, 6) is 0.881. The van der Waals surface area contributed by atoms with Crippen molar-refractivity contribution >= 4 is 17.7 Å². The first kappa shape index (κ1) is 14.7. The van der Waals surface area contributed by atoms with Crippen molar-refractivity contribution < 1.29 is 4.79 Å². The lowest BCUT2D eigenvalue weighted by molar-refractivity contribution is -0.131. The van der Waals surface area contributed by atoms with Crippen LogP contribution in [0.2, 0.25) is 0 Å². The summed E-state index contributed by atoms with van der Waals surface area (Å²) in [6.45, 7) is 0.525. The summed E-state index contributed by atoms with van der Waals surface area (Å²) in [7, 11) is 1.83. The van der Waals surface area contributed by atoms with E-state index >= 15 is 0 Å². The van der Waals surface area contributed by atoms with Gasteiger partial charge < -0.3 is 4.90 Å². The molecule has 1 aliphatic rings. The van der Waals surface area contributed by atoms with Gasteiger partial charge in [-0.3, -0.25) is 4.79 Å². The van der Waals surface area contributed by atoms with Crippen LogP contribution in [0.15, 0.2) is 53.4 Å². The lowest BCUT2D eigenvalue weighted by Crippen LogP contribution is -2.31. The highest BCUT2D eigenvalue weighted by Crippen LogP contribution is 2.40. The fraction of sp³-hybridized carbons (Fsp3) is 0.222. The standard InChI is InChI=1S/C18H16N2OS/c1-20(11-14-6-4-5-13(9-14)10-19)18(21)16-12-22-17-8-3-2-7-15(16)17/h2-9,16H,11-12H2,1H3. The number of thioether (sulfide) groups is 1. The Morgan fingerprint density at radius 3 is 2.95 bits per heavy atom. The summed E-state index contributed by atoms with van der Waals surface area (Å²) in [6, 6.07) is 17.7. The fourth-order valence-corrected chi connectivity index (χ4v) is 3.94. The number of hydrogen-bond donors (Lipinski definition) is 0. The van der Waals surface area contributed by atoms with Gasteiger partial charge in [-0.15, -0.1) is 11.8 Å². The molecule has 0 aromatic heterocycles. The molecular formula is C18H16N2OS. The molecule has 0 bridgehead atoms. The van der Waals surface area contributed by atoms with Crippen molar-refractivity contribution in [2.24, 2.45) is 0 Å². The molecule has 0 N–H and O–H groups in total. The van der Waals surface area contributed by atoms with Crippen LogP contribution < -0.4 is 0 Å². The average molecular weight is 308 g/mol. The van der Waals surface area contributed by atoms with Crippen molar-refractivity contribution in [3.63, 3.8) is 0 Å². The molecule has 1 aliphatic heterocycles. The van der Waals surface area contributed by atoms with Gasteiger partial charge in [-0.1, -0.05) is 30.3 Å². The Morgan fingerprint density at radius 2 is 2.14 bits per heavy atom. The number of benzene rings is 2.